The number of hydrogen-bond donors (Lipinski definition) is 2. The van der Waals surface area contributed by atoms with Gasteiger partial charge in [0.1, 0.15) is 5.25 Å². The second-order valence-electron chi connectivity index (χ2n) is 5.64. The lowest BCUT2D eigenvalue weighted by Gasteiger charge is -2.07. The number of amidine groups is 1. The van der Waals surface area contributed by atoms with Gasteiger partial charge < -0.3 is 10.6 Å². The number of rotatable bonds is 6. The number of para-hydroxylation sites is 1. The fourth-order valence-corrected chi connectivity index (χ4v) is 3.43. The molecule has 2 N–H and O–H groups in total. The lowest BCUT2D eigenvalue weighted by molar-refractivity contribution is -0.125. The van der Waals surface area contributed by atoms with E-state index in [2.05, 4.69) is 15.6 Å². The topological polar surface area (TPSA) is 70.6 Å². The van der Waals surface area contributed by atoms with E-state index >= 15 is 0 Å². The second-order valence-corrected chi connectivity index (χ2v) is 6.83. The Morgan fingerprint density at radius 1 is 1.08 bits per heavy atom. The van der Waals surface area contributed by atoms with Crippen molar-refractivity contribution in [2.45, 2.75) is 18.1 Å². The van der Waals surface area contributed by atoms with E-state index in [1.165, 1.54) is 17.3 Å². The molecule has 1 aliphatic heterocycles. The number of thioether (sulfide) groups is 1. The predicted molar refractivity (Wildman–Crippen MR) is 101 cm³/mol. The van der Waals surface area contributed by atoms with Crippen LogP contribution in [0.5, 0.6) is 0 Å². The van der Waals surface area contributed by atoms with Gasteiger partial charge in [-0.25, -0.2) is 4.99 Å². The summed E-state index contributed by atoms with van der Waals surface area (Å²) >= 11 is 1.30. The summed E-state index contributed by atoms with van der Waals surface area (Å²) in [6, 6.07) is 19.4. The smallest absolute Gasteiger partial charge is 0.240 e. The molecule has 0 bridgehead atoms. The van der Waals surface area contributed by atoms with Gasteiger partial charge in [0.05, 0.1) is 5.69 Å². The second kappa shape index (κ2) is 8.48. The predicted octanol–water partition coefficient (Wildman–Crippen LogP) is 2.65. The van der Waals surface area contributed by atoms with Crippen LogP contribution in [0.25, 0.3) is 0 Å². The first-order chi connectivity index (χ1) is 12.2. The van der Waals surface area contributed by atoms with Crippen LogP contribution >= 0.6 is 11.8 Å². The summed E-state index contributed by atoms with van der Waals surface area (Å²) in [5, 5.41) is 5.71. The Balaban J connectivity index is 1.47. The SMILES string of the molecule is O=C(CC1SC(=Nc2ccccc2)NC1=O)NCCc1ccccc1. The van der Waals surface area contributed by atoms with Crippen LogP contribution in [-0.2, 0) is 16.0 Å². The van der Waals surface area contributed by atoms with E-state index in [9.17, 15) is 9.59 Å². The first-order valence-electron chi connectivity index (χ1n) is 8.12. The van der Waals surface area contributed by atoms with Crippen molar-refractivity contribution < 1.29 is 9.59 Å². The molecular weight excluding hydrogens is 334 g/mol. The Hall–Kier alpha value is -2.60. The summed E-state index contributed by atoms with van der Waals surface area (Å²) in [5.41, 5.74) is 1.95. The van der Waals surface area contributed by atoms with Gasteiger partial charge in [0, 0.05) is 13.0 Å². The number of nitrogens with zero attached hydrogens (tertiary/aromatic N) is 1. The van der Waals surface area contributed by atoms with E-state index in [-0.39, 0.29) is 18.2 Å². The standard InChI is InChI=1S/C19H19N3O2S/c23-17(20-12-11-14-7-3-1-4-8-14)13-16-18(24)22-19(25-16)21-15-9-5-2-6-10-15/h1-10,16H,11-13H2,(H,20,23)(H,21,22,24). The number of aliphatic imine (C=N–C) groups is 1. The van der Waals surface area contributed by atoms with Crippen molar-refractivity contribution in [2.75, 3.05) is 6.54 Å². The highest BCUT2D eigenvalue weighted by molar-refractivity contribution is 8.15. The zero-order valence-corrected chi connectivity index (χ0v) is 14.5. The molecule has 1 fully saturated rings. The number of carbonyl (C=O) groups is 2. The molecule has 2 amide bonds. The van der Waals surface area contributed by atoms with E-state index < -0.39 is 5.25 Å². The van der Waals surface area contributed by atoms with Crippen LogP contribution in [0.3, 0.4) is 0 Å². The molecule has 0 radical (unpaired) electrons. The number of amides is 2. The normalized spacial score (nSPS) is 18.2. The summed E-state index contributed by atoms with van der Waals surface area (Å²) in [5.74, 6) is -0.289. The minimum atomic E-state index is -0.431. The monoisotopic (exact) mass is 353 g/mol. The molecule has 0 aromatic heterocycles. The van der Waals surface area contributed by atoms with Gasteiger partial charge in [-0.1, -0.05) is 60.3 Å². The Morgan fingerprint density at radius 2 is 1.76 bits per heavy atom. The van der Waals surface area contributed by atoms with Gasteiger partial charge in [-0.15, -0.1) is 0 Å². The van der Waals surface area contributed by atoms with Gasteiger partial charge in [-0.2, -0.15) is 0 Å². The number of carbonyl (C=O) groups excluding carboxylic acids is 2. The summed E-state index contributed by atoms with van der Waals surface area (Å²) in [6.45, 7) is 0.562. The van der Waals surface area contributed by atoms with E-state index in [0.29, 0.717) is 11.7 Å². The molecule has 1 atom stereocenters. The molecule has 0 saturated carbocycles. The lowest BCUT2D eigenvalue weighted by atomic mass is 10.1. The van der Waals surface area contributed by atoms with Crippen LogP contribution < -0.4 is 10.6 Å². The van der Waals surface area contributed by atoms with E-state index in [1.807, 2.05) is 60.7 Å². The van der Waals surface area contributed by atoms with Gasteiger partial charge in [-0.05, 0) is 24.1 Å². The third-order valence-electron chi connectivity index (χ3n) is 3.71. The van der Waals surface area contributed by atoms with Crippen molar-refractivity contribution in [1.29, 1.82) is 0 Å². The minimum absolute atomic E-state index is 0.121. The molecule has 2 aromatic carbocycles. The Kier molecular flexibility index (Phi) is 5.85. The minimum Gasteiger partial charge on any atom is -0.356 e. The van der Waals surface area contributed by atoms with Crippen LogP contribution in [-0.4, -0.2) is 28.8 Å². The van der Waals surface area contributed by atoms with Crippen LogP contribution in [0.4, 0.5) is 5.69 Å². The Morgan fingerprint density at radius 3 is 2.48 bits per heavy atom. The molecule has 0 spiro atoms. The quantitative estimate of drug-likeness (QED) is 0.839. The maximum atomic E-state index is 12.1. The molecule has 5 nitrogen and oxygen atoms in total. The number of nitrogens with one attached hydrogen (secondary N) is 2. The third kappa shape index (κ3) is 5.19. The van der Waals surface area contributed by atoms with E-state index in [0.717, 1.165) is 12.1 Å². The van der Waals surface area contributed by atoms with E-state index in [4.69, 9.17) is 0 Å². The molecule has 1 heterocycles. The van der Waals surface area contributed by atoms with Gasteiger partial charge >= 0.3 is 0 Å². The van der Waals surface area contributed by atoms with Crippen LogP contribution in [0, 0.1) is 0 Å². The summed E-state index contributed by atoms with van der Waals surface area (Å²) < 4.78 is 0. The molecule has 25 heavy (non-hydrogen) atoms. The van der Waals surface area contributed by atoms with Crippen LogP contribution in [0.2, 0.25) is 0 Å². The average molecular weight is 353 g/mol. The molecule has 128 valence electrons. The van der Waals surface area contributed by atoms with Gasteiger partial charge in [0.15, 0.2) is 5.17 Å². The first-order valence-corrected chi connectivity index (χ1v) is 9.00. The van der Waals surface area contributed by atoms with Crippen LogP contribution in [0.15, 0.2) is 65.7 Å². The van der Waals surface area contributed by atoms with Gasteiger partial charge in [-0.3, -0.25) is 9.59 Å². The molecule has 1 aliphatic rings. The molecular formula is C19H19N3O2S. The number of benzene rings is 2. The molecule has 3 rings (SSSR count). The highest BCUT2D eigenvalue weighted by atomic mass is 32.2. The fraction of sp³-hybridized carbons (Fsp3) is 0.211. The highest BCUT2D eigenvalue weighted by Crippen LogP contribution is 2.24. The zero-order valence-electron chi connectivity index (χ0n) is 13.6. The van der Waals surface area contributed by atoms with Crippen molar-refractivity contribution in [3.8, 4) is 0 Å². The summed E-state index contributed by atoms with van der Waals surface area (Å²) in [7, 11) is 0. The molecule has 6 heteroatoms. The molecule has 2 aromatic rings. The van der Waals surface area contributed by atoms with E-state index in [1.54, 1.807) is 0 Å². The van der Waals surface area contributed by atoms with Crippen molar-refractivity contribution in [3.63, 3.8) is 0 Å². The van der Waals surface area contributed by atoms with Crippen LogP contribution in [0.1, 0.15) is 12.0 Å². The van der Waals surface area contributed by atoms with Gasteiger partial charge in [0.2, 0.25) is 11.8 Å². The molecule has 1 saturated heterocycles. The van der Waals surface area contributed by atoms with Crippen molar-refractivity contribution in [2.24, 2.45) is 4.99 Å². The summed E-state index contributed by atoms with van der Waals surface area (Å²) in [4.78, 5) is 28.5. The zero-order chi connectivity index (χ0) is 17.5. The maximum Gasteiger partial charge on any atom is 0.240 e. The molecule has 0 aliphatic carbocycles. The van der Waals surface area contributed by atoms with Gasteiger partial charge in [0.25, 0.3) is 0 Å². The first kappa shape index (κ1) is 17.2. The maximum absolute atomic E-state index is 12.1. The highest BCUT2D eigenvalue weighted by Gasteiger charge is 2.31. The summed E-state index contributed by atoms with van der Waals surface area (Å²) in [6.07, 6.45) is 0.927. The van der Waals surface area contributed by atoms with Crippen molar-refractivity contribution in [1.82, 2.24) is 10.6 Å². The van der Waals surface area contributed by atoms with Crippen molar-refractivity contribution >= 4 is 34.4 Å². The molecule has 1 unspecified atom stereocenters. The van der Waals surface area contributed by atoms with Crippen molar-refractivity contribution in [3.05, 3.63) is 66.2 Å². The largest absolute Gasteiger partial charge is 0.356 e. The average Bonchev–Trinajstić information content (AvgIpc) is 2.96. The fourth-order valence-electron chi connectivity index (χ4n) is 2.44. The third-order valence-corrected chi connectivity index (χ3v) is 4.79. The lowest BCUT2D eigenvalue weighted by Crippen LogP contribution is -2.32. The Labute approximate surface area is 150 Å². The Bertz CT molecular complexity index is 763. The number of hydrogen-bond acceptors (Lipinski definition) is 4.